The van der Waals surface area contributed by atoms with Crippen LogP contribution >= 0.6 is 11.8 Å². The minimum absolute atomic E-state index is 0.0872. The minimum atomic E-state index is -0.172. The van der Waals surface area contributed by atoms with Crippen LogP contribution in [0.3, 0.4) is 0 Å². The number of carbonyl (C=O) groups excluding carboxylic acids is 1. The molecule has 4 heteroatoms. The molecular weight excluding hydrogens is 352 g/mol. The van der Waals surface area contributed by atoms with Crippen LogP contribution in [0, 0.1) is 6.92 Å². The number of carbonyl (C=O) groups is 1. The Balaban J connectivity index is 1.69. The second kappa shape index (κ2) is 7.80. The third kappa shape index (κ3) is 3.81. The van der Waals surface area contributed by atoms with Crippen molar-refractivity contribution in [1.29, 1.82) is 0 Å². The molecule has 0 aromatic heterocycles. The summed E-state index contributed by atoms with van der Waals surface area (Å²) in [6, 6.07) is 27.8. The molecule has 0 saturated carbocycles. The van der Waals surface area contributed by atoms with Crippen LogP contribution in [0.25, 0.3) is 0 Å². The Kier molecular flexibility index (Phi) is 5.07. The molecule has 1 aliphatic heterocycles. The zero-order valence-electron chi connectivity index (χ0n) is 15.1. The summed E-state index contributed by atoms with van der Waals surface area (Å²) in [6.45, 7) is 2.09. The number of amidine groups is 1. The number of hydrogen-bond acceptors (Lipinski definition) is 3. The predicted octanol–water partition coefficient (Wildman–Crippen LogP) is 5.37. The number of aliphatic imine (C=N–C) groups is 1. The van der Waals surface area contributed by atoms with E-state index in [1.807, 2.05) is 72.8 Å². The van der Waals surface area contributed by atoms with Gasteiger partial charge in [-0.25, -0.2) is 4.99 Å². The standard InChI is InChI=1S/C23H20N2OS/c1-17-10-8-9-11-18(17)16-21-22(26)25(20-14-6-3-7-15-20)23(27-21)24-19-12-4-2-5-13-19/h2-15,21H,16H2,1H3/t21-/m0/s1. The van der Waals surface area contributed by atoms with Gasteiger partial charge in [-0.15, -0.1) is 0 Å². The molecule has 1 aliphatic rings. The van der Waals surface area contributed by atoms with Crippen LogP contribution in [-0.4, -0.2) is 16.3 Å². The summed E-state index contributed by atoms with van der Waals surface area (Å²) in [5.74, 6) is 0.0872. The average molecular weight is 372 g/mol. The first-order valence-corrected chi connectivity index (χ1v) is 9.84. The number of nitrogens with zero attached hydrogens (tertiary/aromatic N) is 2. The molecule has 3 nitrogen and oxygen atoms in total. The maximum Gasteiger partial charge on any atom is 0.247 e. The van der Waals surface area contributed by atoms with Crippen molar-refractivity contribution in [2.75, 3.05) is 4.90 Å². The molecule has 0 spiro atoms. The van der Waals surface area contributed by atoms with E-state index in [1.54, 1.807) is 16.7 Å². The van der Waals surface area contributed by atoms with Gasteiger partial charge in [0.15, 0.2) is 5.17 Å². The highest BCUT2D eigenvalue weighted by Gasteiger charge is 2.39. The number of hydrogen-bond donors (Lipinski definition) is 0. The van der Waals surface area contributed by atoms with E-state index in [9.17, 15) is 4.79 Å². The van der Waals surface area contributed by atoms with Crippen molar-refractivity contribution >= 4 is 34.2 Å². The van der Waals surface area contributed by atoms with Gasteiger partial charge in [-0.1, -0.05) is 72.4 Å². The highest BCUT2D eigenvalue weighted by atomic mass is 32.2. The Labute approximate surface area is 163 Å². The lowest BCUT2D eigenvalue weighted by molar-refractivity contribution is -0.116. The first-order valence-electron chi connectivity index (χ1n) is 8.96. The first-order chi connectivity index (χ1) is 13.2. The van der Waals surface area contributed by atoms with Gasteiger partial charge in [0.25, 0.3) is 0 Å². The Morgan fingerprint density at radius 2 is 1.52 bits per heavy atom. The number of aryl methyl sites for hydroxylation is 1. The lowest BCUT2D eigenvalue weighted by atomic mass is 10.0. The summed E-state index contributed by atoms with van der Waals surface area (Å²) in [7, 11) is 0. The maximum atomic E-state index is 13.2. The number of rotatable bonds is 4. The number of benzene rings is 3. The molecule has 0 aliphatic carbocycles. The monoisotopic (exact) mass is 372 g/mol. The van der Waals surface area contributed by atoms with E-state index in [2.05, 4.69) is 19.1 Å². The number of anilines is 1. The predicted molar refractivity (Wildman–Crippen MR) is 114 cm³/mol. The van der Waals surface area contributed by atoms with E-state index >= 15 is 0 Å². The molecule has 0 bridgehead atoms. The normalized spacial score (nSPS) is 18.3. The largest absolute Gasteiger partial charge is 0.273 e. The van der Waals surface area contributed by atoms with E-state index in [-0.39, 0.29) is 11.2 Å². The summed E-state index contributed by atoms with van der Waals surface area (Å²) < 4.78 is 0. The molecule has 3 aromatic carbocycles. The first kappa shape index (κ1) is 17.6. The van der Waals surface area contributed by atoms with Crippen molar-refractivity contribution in [3.05, 3.63) is 96.1 Å². The van der Waals surface area contributed by atoms with Gasteiger partial charge in [0.05, 0.1) is 16.6 Å². The molecule has 1 atom stereocenters. The van der Waals surface area contributed by atoms with Gasteiger partial charge in [0.1, 0.15) is 0 Å². The SMILES string of the molecule is Cc1ccccc1C[C@@H]1SC(=Nc2ccccc2)N(c2ccccc2)C1=O. The summed E-state index contributed by atoms with van der Waals surface area (Å²) in [6.07, 6.45) is 0.702. The van der Waals surface area contributed by atoms with Gasteiger partial charge in [0, 0.05) is 0 Å². The highest BCUT2D eigenvalue weighted by Crippen LogP contribution is 2.35. The van der Waals surface area contributed by atoms with Crippen molar-refractivity contribution in [2.45, 2.75) is 18.6 Å². The van der Waals surface area contributed by atoms with Crippen LogP contribution in [0.2, 0.25) is 0 Å². The Hall–Kier alpha value is -2.85. The van der Waals surface area contributed by atoms with Gasteiger partial charge in [-0.3, -0.25) is 9.69 Å². The van der Waals surface area contributed by atoms with Crippen molar-refractivity contribution in [3.8, 4) is 0 Å². The molecular formula is C23H20N2OS. The maximum absolute atomic E-state index is 13.2. The highest BCUT2D eigenvalue weighted by molar-refractivity contribution is 8.16. The lowest BCUT2D eigenvalue weighted by Crippen LogP contribution is -2.32. The van der Waals surface area contributed by atoms with Crippen LogP contribution in [-0.2, 0) is 11.2 Å². The van der Waals surface area contributed by atoms with Crippen LogP contribution < -0.4 is 4.90 Å². The van der Waals surface area contributed by atoms with Crippen LogP contribution in [0.4, 0.5) is 11.4 Å². The summed E-state index contributed by atoms with van der Waals surface area (Å²) in [5.41, 5.74) is 4.13. The fourth-order valence-corrected chi connectivity index (χ4v) is 4.32. The number of amides is 1. The van der Waals surface area contributed by atoms with Gasteiger partial charge in [-0.05, 0) is 48.7 Å². The van der Waals surface area contributed by atoms with E-state index in [0.717, 1.165) is 16.5 Å². The minimum Gasteiger partial charge on any atom is -0.273 e. The van der Waals surface area contributed by atoms with E-state index in [4.69, 9.17) is 4.99 Å². The Morgan fingerprint density at radius 1 is 0.889 bits per heavy atom. The van der Waals surface area contributed by atoms with E-state index in [0.29, 0.717) is 6.42 Å². The third-order valence-electron chi connectivity index (χ3n) is 4.60. The van der Waals surface area contributed by atoms with Crippen molar-refractivity contribution in [2.24, 2.45) is 4.99 Å². The summed E-state index contributed by atoms with van der Waals surface area (Å²) in [4.78, 5) is 19.8. The average Bonchev–Trinajstić information content (AvgIpc) is 3.00. The summed E-state index contributed by atoms with van der Waals surface area (Å²) in [5, 5.41) is 0.560. The number of thioether (sulfide) groups is 1. The fourth-order valence-electron chi connectivity index (χ4n) is 3.14. The smallest absolute Gasteiger partial charge is 0.247 e. The zero-order chi connectivity index (χ0) is 18.6. The topological polar surface area (TPSA) is 32.7 Å². The number of para-hydroxylation sites is 2. The molecule has 1 fully saturated rings. The second-order valence-corrected chi connectivity index (χ2v) is 7.65. The molecule has 4 rings (SSSR count). The molecule has 1 amide bonds. The van der Waals surface area contributed by atoms with Crippen molar-refractivity contribution in [3.63, 3.8) is 0 Å². The van der Waals surface area contributed by atoms with Crippen LogP contribution in [0.5, 0.6) is 0 Å². The van der Waals surface area contributed by atoms with Crippen molar-refractivity contribution in [1.82, 2.24) is 0 Å². The molecule has 0 radical (unpaired) electrons. The third-order valence-corrected chi connectivity index (χ3v) is 5.73. The van der Waals surface area contributed by atoms with E-state index < -0.39 is 0 Å². The van der Waals surface area contributed by atoms with E-state index in [1.165, 1.54) is 11.1 Å². The molecule has 134 valence electrons. The zero-order valence-corrected chi connectivity index (χ0v) is 15.9. The molecule has 1 heterocycles. The second-order valence-electron chi connectivity index (χ2n) is 6.48. The molecule has 0 N–H and O–H groups in total. The lowest BCUT2D eigenvalue weighted by Gasteiger charge is -2.16. The van der Waals surface area contributed by atoms with Gasteiger partial charge in [-0.2, -0.15) is 0 Å². The van der Waals surface area contributed by atoms with Gasteiger partial charge < -0.3 is 0 Å². The van der Waals surface area contributed by atoms with Gasteiger partial charge >= 0.3 is 0 Å². The molecule has 1 saturated heterocycles. The quantitative estimate of drug-likeness (QED) is 0.616. The molecule has 0 unspecified atom stereocenters. The van der Waals surface area contributed by atoms with Crippen molar-refractivity contribution < 1.29 is 4.79 Å². The van der Waals surface area contributed by atoms with Crippen LogP contribution in [0.1, 0.15) is 11.1 Å². The fraction of sp³-hybridized carbons (Fsp3) is 0.130. The molecule has 3 aromatic rings. The molecule has 27 heavy (non-hydrogen) atoms. The summed E-state index contributed by atoms with van der Waals surface area (Å²) >= 11 is 1.55. The Morgan fingerprint density at radius 3 is 2.22 bits per heavy atom. The Bertz CT molecular complexity index is 970. The van der Waals surface area contributed by atoms with Gasteiger partial charge in [0.2, 0.25) is 5.91 Å². The van der Waals surface area contributed by atoms with Crippen LogP contribution in [0.15, 0.2) is 89.9 Å².